The molecule has 6 nitrogen and oxygen atoms in total. The van der Waals surface area contributed by atoms with Crippen molar-refractivity contribution in [1.82, 2.24) is 5.32 Å². The molecule has 0 aliphatic heterocycles. The second-order valence-corrected chi connectivity index (χ2v) is 3.43. The molecule has 0 fully saturated rings. The molecule has 0 saturated heterocycles. The molecule has 1 rings (SSSR count). The molecule has 18 heavy (non-hydrogen) atoms. The first-order chi connectivity index (χ1) is 8.65. The van der Waals surface area contributed by atoms with Gasteiger partial charge in [-0.3, -0.25) is 14.9 Å². The third kappa shape index (κ3) is 4.14. The molecular weight excluding hydrogens is 234 g/mol. The third-order valence-corrected chi connectivity index (χ3v) is 2.16. The minimum atomic E-state index is -0.471. The van der Waals surface area contributed by atoms with Gasteiger partial charge in [0.1, 0.15) is 5.69 Å². The van der Waals surface area contributed by atoms with E-state index in [1.165, 1.54) is 6.07 Å². The molecule has 94 valence electrons. The summed E-state index contributed by atoms with van der Waals surface area (Å²) >= 11 is 0. The van der Waals surface area contributed by atoms with Crippen LogP contribution >= 0.6 is 0 Å². The molecule has 6 heteroatoms. The number of para-hydroxylation sites is 2. The van der Waals surface area contributed by atoms with E-state index in [-0.39, 0.29) is 24.6 Å². The van der Waals surface area contributed by atoms with Crippen molar-refractivity contribution in [3.63, 3.8) is 0 Å². The van der Waals surface area contributed by atoms with Gasteiger partial charge in [0.2, 0.25) is 5.91 Å². The van der Waals surface area contributed by atoms with Gasteiger partial charge in [0.25, 0.3) is 5.69 Å². The number of anilines is 1. The molecule has 0 heterocycles. The average Bonchev–Trinajstić information content (AvgIpc) is 2.36. The highest BCUT2D eigenvalue weighted by Crippen LogP contribution is 2.22. The Bertz CT molecular complexity index is 480. The Labute approximate surface area is 105 Å². The Hall–Kier alpha value is -2.55. The zero-order chi connectivity index (χ0) is 13.4. The van der Waals surface area contributed by atoms with Crippen LogP contribution in [0.3, 0.4) is 0 Å². The van der Waals surface area contributed by atoms with E-state index in [2.05, 4.69) is 16.6 Å². The molecule has 0 atom stereocenters. The van der Waals surface area contributed by atoms with Crippen LogP contribution in [0.2, 0.25) is 0 Å². The molecular formula is C12H13N3O3. The van der Waals surface area contributed by atoms with Crippen LogP contribution in [-0.4, -0.2) is 23.9 Å². The fourth-order valence-electron chi connectivity index (χ4n) is 1.33. The van der Waals surface area contributed by atoms with E-state index < -0.39 is 4.92 Å². The lowest BCUT2D eigenvalue weighted by Gasteiger charge is -2.06. The van der Waals surface area contributed by atoms with E-state index in [4.69, 9.17) is 6.42 Å². The second-order valence-electron chi connectivity index (χ2n) is 3.43. The Morgan fingerprint density at radius 3 is 2.83 bits per heavy atom. The van der Waals surface area contributed by atoms with Crippen molar-refractivity contribution in [2.75, 3.05) is 18.4 Å². The van der Waals surface area contributed by atoms with Crippen LogP contribution in [0.5, 0.6) is 0 Å². The summed E-state index contributed by atoms with van der Waals surface area (Å²) in [6, 6.07) is 6.27. The Morgan fingerprint density at radius 2 is 2.17 bits per heavy atom. The quantitative estimate of drug-likeness (QED) is 0.448. The van der Waals surface area contributed by atoms with Gasteiger partial charge >= 0.3 is 0 Å². The number of amides is 1. The van der Waals surface area contributed by atoms with E-state index in [1.54, 1.807) is 18.2 Å². The van der Waals surface area contributed by atoms with Crippen LogP contribution in [-0.2, 0) is 4.79 Å². The minimum absolute atomic E-state index is 0.0125. The minimum Gasteiger partial charge on any atom is -0.379 e. The van der Waals surface area contributed by atoms with Gasteiger partial charge in [0, 0.05) is 19.0 Å². The molecule has 0 radical (unpaired) electrons. The van der Waals surface area contributed by atoms with E-state index in [0.717, 1.165) is 0 Å². The van der Waals surface area contributed by atoms with Crippen LogP contribution in [0.1, 0.15) is 6.42 Å². The zero-order valence-corrected chi connectivity index (χ0v) is 9.68. The lowest BCUT2D eigenvalue weighted by Crippen LogP contribution is -2.25. The maximum absolute atomic E-state index is 11.2. The Morgan fingerprint density at radius 1 is 1.44 bits per heavy atom. The van der Waals surface area contributed by atoms with Gasteiger partial charge in [-0.05, 0) is 6.07 Å². The number of carbonyl (C=O) groups is 1. The normalized spacial score (nSPS) is 9.28. The molecule has 0 bridgehead atoms. The highest BCUT2D eigenvalue weighted by molar-refractivity contribution is 5.77. The van der Waals surface area contributed by atoms with Gasteiger partial charge in [-0.1, -0.05) is 18.1 Å². The molecule has 1 amide bonds. The second kappa shape index (κ2) is 6.91. The van der Waals surface area contributed by atoms with Crippen molar-refractivity contribution >= 4 is 17.3 Å². The smallest absolute Gasteiger partial charge is 0.292 e. The number of nitrogens with one attached hydrogen (secondary N) is 2. The number of carbonyl (C=O) groups excluding carboxylic acids is 1. The molecule has 0 aromatic heterocycles. The van der Waals surface area contributed by atoms with Gasteiger partial charge in [-0.25, -0.2) is 0 Å². The molecule has 1 aromatic rings. The predicted molar refractivity (Wildman–Crippen MR) is 68.0 cm³/mol. The van der Waals surface area contributed by atoms with E-state index in [1.807, 2.05) is 0 Å². The first-order valence-corrected chi connectivity index (χ1v) is 5.32. The summed E-state index contributed by atoms with van der Waals surface area (Å²) in [5.74, 6) is 2.09. The number of rotatable bonds is 6. The standard InChI is InChI=1S/C12H13N3O3/c1-2-8-14-12(16)7-9-13-10-5-3-4-6-11(10)15(17)18/h1,3-6,13H,7-9H2,(H,14,16). The van der Waals surface area contributed by atoms with Crippen LogP contribution < -0.4 is 10.6 Å². The monoisotopic (exact) mass is 247 g/mol. The maximum Gasteiger partial charge on any atom is 0.292 e. The van der Waals surface area contributed by atoms with Gasteiger partial charge in [-0.15, -0.1) is 6.42 Å². The summed E-state index contributed by atoms with van der Waals surface area (Å²) in [4.78, 5) is 21.5. The molecule has 0 unspecified atom stereocenters. The van der Waals surface area contributed by atoms with Crippen LogP contribution in [0, 0.1) is 22.5 Å². The molecule has 2 N–H and O–H groups in total. The van der Waals surface area contributed by atoms with Crippen molar-refractivity contribution in [2.24, 2.45) is 0 Å². The van der Waals surface area contributed by atoms with Crippen molar-refractivity contribution in [3.8, 4) is 12.3 Å². The average molecular weight is 247 g/mol. The summed E-state index contributed by atoms with van der Waals surface area (Å²) in [5, 5.41) is 16.1. The fourth-order valence-corrected chi connectivity index (χ4v) is 1.33. The number of terminal acetylenes is 1. The molecule has 0 aliphatic carbocycles. The number of nitro groups is 1. The first kappa shape index (κ1) is 13.5. The summed E-state index contributed by atoms with van der Waals surface area (Å²) in [6.45, 7) is 0.492. The summed E-state index contributed by atoms with van der Waals surface area (Å²) in [6.07, 6.45) is 5.20. The largest absolute Gasteiger partial charge is 0.379 e. The van der Waals surface area contributed by atoms with Crippen molar-refractivity contribution in [2.45, 2.75) is 6.42 Å². The topological polar surface area (TPSA) is 84.3 Å². The van der Waals surface area contributed by atoms with Gasteiger partial charge in [-0.2, -0.15) is 0 Å². The zero-order valence-electron chi connectivity index (χ0n) is 9.68. The lowest BCUT2D eigenvalue weighted by molar-refractivity contribution is -0.384. The van der Waals surface area contributed by atoms with Crippen molar-refractivity contribution in [3.05, 3.63) is 34.4 Å². The molecule has 0 aliphatic rings. The Kier molecular flexibility index (Phi) is 5.19. The number of hydrogen-bond acceptors (Lipinski definition) is 4. The Balaban J connectivity index is 2.47. The number of nitrogens with zero attached hydrogens (tertiary/aromatic N) is 1. The van der Waals surface area contributed by atoms with E-state index in [9.17, 15) is 14.9 Å². The van der Waals surface area contributed by atoms with Crippen LogP contribution in [0.25, 0.3) is 0 Å². The highest BCUT2D eigenvalue weighted by Gasteiger charge is 2.11. The van der Waals surface area contributed by atoms with Crippen LogP contribution in [0.4, 0.5) is 11.4 Å². The number of benzene rings is 1. The molecule has 0 spiro atoms. The van der Waals surface area contributed by atoms with Crippen molar-refractivity contribution < 1.29 is 9.72 Å². The maximum atomic E-state index is 11.2. The van der Waals surface area contributed by atoms with Gasteiger partial charge in [0.05, 0.1) is 11.5 Å². The predicted octanol–water partition coefficient (Wildman–Crippen LogP) is 1.15. The molecule has 0 saturated carbocycles. The molecule has 1 aromatic carbocycles. The summed E-state index contributed by atoms with van der Waals surface area (Å²) in [5.41, 5.74) is 0.383. The fraction of sp³-hybridized carbons (Fsp3) is 0.250. The van der Waals surface area contributed by atoms with Crippen molar-refractivity contribution in [1.29, 1.82) is 0 Å². The highest BCUT2D eigenvalue weighted by atomic mass is 16.6. The van der Waals surface area contributed by atoms with Gasteiger partial charge in [0.15, 0.2) is 0 Å². The first-order valence-electron chi connectivity index (χ1n) is 5.32. The number of nitro benzene ring substituents is 1. The van der Waals surface area contributed by atoms with Gasteiger partial charge < -0.3 is 10.6 Å². The summed E-state index contributed by atoms with van der Waals surface area (Å²) in [7, 11) is 0. The third-order valence-electron chi connectivity index (χ3n) is 2.16. The number of hydrogen-bond donors (Lipinski definition) is 2. The van der Waals surface area contributed by atoms with E-state index in [0.29, 0.717) is 12.2 Å². The lowest BCUT2D eigenvalue weighted by atomic mass is 10.2. The SMILES string of the molecule is C#CCNC(=O)CCNc1ccccc1[N+](=O)[O-]. The van der Waals surface area contributed by atoms with E-state index >= 15 is 0 Å². The van der Waals surface area contributed by atoms with Crippen LogP contribution in [0.15, 0.2) is 24.3 Å². The summed E-state index contributed by atoms with van der Waals surface area (Å²) < 4.78 is 0.